The molecule has 1 amide bonds. The Balaban J connectivity index is 2.65. The summed E-state index contributed by atoms with van der Waals surface area (Å²) in [5, 5.41) is 4.66. The van der Waals surface area contributed by atoms with Gasteiger partial charge in [-0.2, -0.15) is 5.10 Å². The van der Waals surface area contributed by atoms with Crippen molar-refractivity contribution >= 4 is 12.6 Å². The van der Waals surface area contributed by atoms with E-state index in [9.17, 15) is 4.79 Å². The average molecular weight is 126 g/mol. The molecule has 0 spiro atoms. The second-order valence-electron chi connectivity index (χ2n) is 1.50. The third-order valence-electron chi connectivity index (χ3n) is 0.789. The fourth-order valence-corrected chi connectivity index (χ4v) is 0.447. The lowest BCUT2D eigenvalue weighted by atomic mass is 10.5. The van der Waals surface area contributed by atoms with Gasteiger partial charge >= 0.3 is 0 Å². The standard InChI is InChI=1S/C4H6N4O/c5-4-1-6-7-8(2-4)3-9/h1-3,7H,5H2. The van der Waals surface area contributed by atoms with E-state index < -0.39 is 0 Å². The molecular formula is C4H6N4O. The molecule has 9 heavy (non-hydrogen) atoms. The van der Waals surface area contributed by atoms with Crippen molar-refractivity contribution in [3.8, 4) is 0 Å². The number of amides is 1. The summed E-state index contributed by atoms with van der Waals surface area (Å²) in [6.07, 6.45) is 3.42. The fraction of sp³-hybridized carbons (Fsp3) is 0. The van der Waals surface area contributed by atoms with Gasteiger partial charge in [0, 0.05) is 0 Å². The normalized spacial score (nSPS) is 16.4. The van der Waals surface area contributed by atoms with E-state index in [1.807, 2.05) is 0 Å². The van der Waals surface area contributed by atoms with Crippen LogP contribution in [-0.4, -0.2) is 17.6 Å². The van der Waals surface area contributed by atoms with Gasteiger partial charge in [0.25, 0.3) is 0 Å². The van der Waals surface area contributed by atoms with E-state index in [0.29, 0.717) is 12.1 Å². The molecule has 0 radical (unpaired) electrons. The summed E-state index contributed by atoms with van der Waals surface area (Å²) < 4.78 is 0. The number of nitrogens with one attached hydrogen (secondary N) is 1. The number of nitrogens with two attached hydrogens (primary N) is 1. The lowest BCUT2D eigenvalue weighted by molar-refractivity contribution is -0.118. The van der Waals surface area contributed by atoms with Gasteiger partial charge in [0.2, 0.25) is 6.41 Å². The summed E-state index contributed by atoms with van der Waals surface area (Å²) in [5.74, 6) is 0. The number of rotatable bonds is 1. The molecule has 0 atom stereocenters. The first-order valence-electron chi connectivity index (χ1n) is 2.32. The van der Waals surface area contributed by atoms with Gasteiger partial charge in [0.1, 0.15) is 0 Å². The summed E-state index contributed by atoms with van der Waals surface area (Å²) in [6, 6.07) is 0. The molecule has 5 heteroatoms. The van der Waals surface area contributed by atoms with Crippen LogP contribution in [0, 0.1) is 0 Å². The molecule has 0 aromatic rings. The van der Waals surface area contributed by atoms with Gasteiger partial charge < -0.3 is 5.73 Å². The Labute approximate surface area is 51.8 Å². The highest BCUT2D eigenvalue weighted by atomic mass is 16.1. The van der Waals surface area contributed by atoms with Crippen LogP contribution in [0.25, 0.3) is 0 Å². The number of nitrogens with zero attached hydrogens (tertiary/aromatic N) is 2. The van der Waals surface area contributed by atoms with Crippen LogP contribution in [0.4, 0.5) is 0 Å². The quantitative estimate of drug-likeness (QED) is 0.431. The Hall–Kier alpha value is -1.52. The zero-order chi connectivity index (χ0) is 6.69. The summed E-state index contributed by atoms with van der Waals surface area (Å²) >= 11 is 0. The van der Waals surface area contributed by atoms with E-state index in [4.69, 9.17) is 5.73 Å². The van der Waals surface area contributed by atoms with Crippen LogP contribution in [0.1, 0.15) is 0 Å². The Kier molecular flexibility index (Phi) is 1.35. The van der Waals surface area contributed by atoms with E-state index in [2.05, 4.69) is 10.6 Å². The van der Waals surface area contributed by atoms with Crippen LogP contribution in [0.2, 0.25) is 0 Å². The molecule has 1 heterocycles. The van der Waals surface area contributed by atoms with Crippen molar-refractivity contribution in [3.05, 3.63) is 11.9 Å². The molecular weight excluding hydrogens is 120 g/mol. The number of carbonyl (C=O) groups excluding carboxylic acids is 1. The first-order chi connectivity index (χ1) is 4.33. The monoisotopic (exact) mass is 126 g/mol. The van der Waals surface area contributed by atoms with Gasteiger partial charge in [0.15, 0.2) is 0 Å². The molecule has 0 bridgehead atoms. The van der Waals surface area contributed by atoms with Gasteiger partial charge in [-0.25, -0.2) is 10.5 Å². The molecule has 0 aliphatic carbocycles. The fourth-order valence-electron chi connectivity index (χ4n) is 0.447. The van der Waals surface area contributed by atoms with Crippen molar-refractivity contribution in [2.75, 3.05) is 0 Å². The number of hydrogen-bond acceptors (Lipinski definition) is 4. The molecule has 1 rings (SSSR count). The molecule has 3 N–H and O–H groups in total. The lowest BCUT2D eigenvalue weighted by Gasteiger charge is -2.13. The molecule has 0 saturated heterocycles. The van der Waals surface area contributed by atoms with E-state index in [1.54, 1.807) is 0 Å². The third-order valence-corrected chi connectivity index (χ3v) is 0.789. The maximum atomic E-state index is 9.99. The van der Waals surface area contributed by atoms with Crippen molar-refractivity contribution in [1.29, 1.82) is 0 Å². The predicted molar refractivity (Wildman–Crippen MR) is 31.8 cm³/mol. The van der Waals surface area contributed by atoms with Crippen LogP contribution in [0.5, 0.6) is 0 Å². The minimum absolute atomic E-state index is 0.445. The first-order valence-corrected chi connectivity index (χ1v) is 2.32. The highest BCUT2D eigenvalue weighted by Crippen LogP contribution is 1.88. The lowest BCUT2D eigenvalue weighted by Crippen LogP contribution is -2.32. The molecule has 0 saturated carbocycles. The second-order valence-corrected chi connectivity index (χ2v) is 1.50. The third kappa shape index (κ3) is 1.18. The largest absolute Gasteiger partial charge is 0.396 e. The zero-order valence-corrected chi connectivity index (χ0v) is 4.61. The van der Waals surface area contributed by atoms with Gasteiger partial charge in [-0.1, -0.05) is 0 Å². The minimum atomic E-state index is 0.445. The summed E-state index contributed by atoms with van der Waals surface area (Å²) in [7, 11) is 0. The van der Waals surface area contributed by atoms with Gasteiger partial charge in [0.05, 0.1) is 18.1 Å². The maximum absolute atomic E-state index is 9.99. The van der Waals surface area contributed by atoms with Gasteiger partial charge in [-0.05, 0) is 0 Å². The number of hydrogen-bond donors (Lipinski definition) is 2. The van der Waals surface area contributed by atoms with Crippen molar-refractivity contribution in [1.82, 2.24) is 10.5 Å². The van der Waals surface area contributed by atoms with E-state index >= 15 is 0 Å². The SMILES string of the molecule is NC1=CN(C=O)NN=C1. The predicted octanol–water partition coefficient (Wildman–Crippen LogP) is -1.25. The Morgan fingerprint density at radius 2 is 2.67 bits per heavy atom. The van der Waals surface area contributed by atoms with E-state index in [0.717, 1.165) is 5.01 Å². The van der Waals surface area contributed by atoms with E-state index in [-0.39, 0.29) is 0 Å². The zero-order valence-electron chi connectivity index (χ0n) is 4.61. The molecule has 48 valence electrons. The minimum Gasteiger partial charge on any atom is -0.396 e. The van der Waals surface area contributed by atoms with Crippen molar-refractivity contribution in [2.24, 2.45) is 10.8 Å². The van der Waals surface area contributed by atoms with Crippen molar-refractivity contribution in [2.45, 2.75) is 0 Å². The molecule has 0 fully saturated rings. The summed E-state index contributed by atoms with van der Waals surface area (Å²) in [5.41, 5.74) is 8.09. The maximum Gasteiger partial charge on any atom is 0.233 e. The molecule has 0 aromatic heterocycles. The van der Waals surface area contributed by atoms with Crippen molar-refractivity contribution in [3.63, 3.8) is 0 Å². The Morgan fingerprint density at radius 1 is 1.89 bits per heavy atom. The number of hydrazone groups is 1. The Morgan fingerprint density at radius 3 is 3.11 bits per heavy atom. The Bertz CT molecular complexity index is 173. The number of allylic oxidation sites excluding steroid dienone is 1. The van der Waals surface area contributed by atoms with Crippen LogP contribution >= 0.6 is 0 Å². The molecule has 1 aliphatic rings. The van der Waals surface area contributed by atoms with Crippen molar-refractivity contribution < 1.29 is 4.79 Å². The summed E-state index contributed by atoms with van der Waals surface area (Å²) in [6.45, 7) is 0. The summed E-state index contributed by atoms with van der Waals surface area (Å²) in [4.78, 5) is 9.99. The van der Waals surface area contributed by atoms with Gasteiger partial charge in [-0.3, -0.25) is 4.79 Å². The van der Waals surface area contributed by atoms with E-state index in [1.165, 1.54) is 12.4 Å². The van der Waals surface area contributed by atoms with Crippen LogP contribution in [-0.2, 0) is 4.79 Å². The highest BCUT2D eigenvalue weighted by molar-refractivity contribution is 5.78. The molecule has 0 aromatic carbocycles. The average Bonchev–Trinajstić information content (AvgIpc) is 1.88. The number of hydrazine groups is 1. The van der Waals surface area contributed by atoms with Crippen LogP contribution in [0.15, 0.2) is 17.0 Å². The molecule has 0 unspecified atom stereocenters. The highest BCUT2D eigenvalue weighted by Gasteiger charge is 1.98. The first kappa shape index (κ1) is 5.61. The molecule has 5 nitrogen and oxygen atoms in total. The molecule has 1 aliphatic heterocycles. The van der Waals surface area contributed by atoms with Crippen LogP contribution < -0.4 is 11.3 Å². The smallest absolute Gasteiger partial charge is 0.233 e. The van der Waals surface area contributed by atoms with Gasteiger partial charge in [-0.15, -0.1) is 0 Å². The topological polar surface area (TPSA) is 70.7 Å². The van der Waals surface area contributed by atoms with Crippen LogP contribution in [0.3, 0.4) is 0 Å². The number of carbonyl (C=O) groups is 1. The second kappa shape index (κ2) is 2.17.